The Bertz CT molecular complexity index is 404. The maximum absolute atomic E-state index is 5.67. The Morgan fingerprint density at radius 2 is 1.94 bits per heavy atom. The second-order valence-corrected chi connectivity index (χ2v) is 4.37. The maximum atomic E-state index is 5.67. The first-order valence-electron chi connectivity index (χ1n) is 6.13. The van der Waals surface area contributed by atoms with Gasteiger partial charge in [-0.3, -0.25) is 0 Å². The Labute approximate surface area is 106 Å². The number of nitrogens with two attached hydrogens (primary N) is 1. The van der Waals surface area contributed by atoms with Crippen molar-refractivity contribution in [1.29, 1.82) is 0 Å². The molecule has 2 N–H and O–H groups in total. The van der Waals surface area contributed by atoms with E-state index in [1.807, 2.05) is 25.7 Å². The molecule has 1 saturated heterocycles. The smallest absolute Gasteiger partial charge is 0.323 e. The first-order valence-corrected chi connectivity index (χ1v) is 6.13. The van der Waals surface area contributed by atoms with Gasteiger partial charge in [-0.2, -0.15) is 15.0 Å². The van der Waals surface area contributed by atoms with Crippen LogP contribution in [0.2, 0.25) is 0 Å². The van der Waals surface area contributed by atoms with Crippen molar-refractivity contribution >= 4 is 11.9 Å². The molecule has 7 heteroatoms. The third-order valence-corrected chi connectivity index (χ3v) is 2.60. The summed E-state index contributed by atoms with van der Waals surface area (Å²) in [6, 6.07) is 0.270. The lowest BCUT2D eigenvalue weighted by Crippen LogP contribution is -2.46. The molecule has 2 heterocycles. The number of ether oxygens (including phenoxy) is 2. The van der Waals surface area contributed by atoms with E-state index in [4.69, 9.17) is 15.2 Å². The molecular formula is C11H19N5O2. The van der Waals surface area contributed by atoms with E-state index < -0.39 is 0 Å². The Morgan fingerprint density at radius 3 is 2.56 bits per heavy atom. The number of hydrogen-bond donors (Lipinski definition) is 1. The molecule has 0 bridgehead atoms. The minimum Gasteiger partial charge on any atom is -0.464 e. The summed E-state index contributed by atoms with van der Waals surface area (Å²) in [5, 5.41) is 0. The van der Waals surface area contributed by atoms with Crippen molar-refractivity contribution in [2.75, 3.05) is 30.3 Å². The van der Waals surface area contributed by atoms with E-state index in [1.165, 1.54) is 0 Å². The predicted octanol–water partition coefficient (Wildman–Crippen LogP) is 0.466. The highest BCUT2D eigenvalue weighted by Crippen LogP contribution is 2.18. The van der Waals surface area contributed by atoms with Crippen molar-refractivity contribution in [2.24, 2.45) is 0 Å². The third kappa shape index (κ3) is 2.98. The van der Waals surface area contributed by atoms with Gasteiger partial charge >= 0.3 is 6.01 Å². The summed E-state index contributed by atoms with van der Waals surface area (Å²) in [7, 11) is 0. The minimum absolute atomic E-state index is 0.141. The molecule has 1 aromatic heterocycles. The molecule has 100 valence electrons. The summed E-state index contributed by atoms with van der Waals surface area (Å²) in [5.74, 6) is 0.725. The number of nitrogen functional groups attached to an aromatic ring is 1. The van der Waals surface area contributed by atoms with Crippen LogP contribution in [0.25, 0.3) is 0 Å². The second-order valence-electron chi connectivity index (χ2n) is 4.37. The zero-order valence-electron chi connectivity index (χ0n) is 11.0. The van der Waals surface area contributed by atoms with E-state index >= 15 is 0 Å². The van der Waals surface area contributed by atoms with Gasteiger partial charge in [0.1, 0.15) is 0 Å². The molecule has 0 amide bonds. The van der Waals surface area contributed by atoms with E-state index in [0.29, 0.717) is 12.6 Å². The van der Waals surface area contributed by atoms with Crippen LogP contribution >= 0.6 is 0 Å². The minimum atomic E-state index is 0.141. The molecule has 2 rings (SSSR count). The molecule has 18 heavy (non-hydrogen) atoms. The molecule has 1 aliphatic rings. The molecule has 2 atom stereocenters. The van der Waals surface area contributed by atoms with Crippen molar-refractivity contribution in [3.05, 3.63) is 0 Å². The summed E-state index contributed by atoms with van der Waals surface area (Å²) >= 11 is 0. The zero-order valence-corrected chi connectivity index (χ0v) is 11.0. The number of hydrogen-bond acceptors (Lipinski definition) is 7. The second kappa shape index (κ2) is 5.34. The lowest BCUT2D eigenvalue weighted by atomic mass is 10.2. The largest absolute Gasteiger partial charge is 0.464 e. The number of anilines is 2. The van der Waals surface area contributed by atoms with Crippen molar-refractivity contribution < 1.29 is 9.47 Å². The van der Waals surface area contributed by atoms with E-state index in [0.717, 1.165) is 13.1 Å². The van der Waals surface area contributed by atoms with Crippen LogP contribution in [0.3, 0.4) is 0 Å². The lowest BCUT2D eigenvalue weighted by molar-refractivity contribution is -0.00577. The lowest BCUT2D eigenvalue weighted by Gasteiger charge is -2.35. The van der Waals surface area contributed by atoms with Gasteiger partial charge in [-0.25, -0.2) is 0 Å². The number of aromatic nitrogens is 3. The van der Waals surface area contributed by atoms with Crippen LogP contribution in [-0.2, 0) is 4.74 Å². The molecule has 0 aliphatic carbocycles. The molecule has 1 fully saturated rings. The molecule has 7 nitrogen and oxygen atoms in total. The average molecular weight is 253 g/mol. The number of rotatable bonds is 3. The van der Waals surface area contributed by atoms with Crippen LogP contribution < -0.4 is 15.4 Å². The van der Waals surface area contributed by atoms with Crippen molar-refractivity contribution in [2.45, 2.75) is 33.0 Å². The topological polar surface area (TPSA) is 86.4 Å². The number of morpholine rings is 1. The Balaban J connectivity index is 2.21. The summed E-state index contributed by atoms with van der Waals surface area (Å²) in [5.41, 5.74) is 5.67. The van der Waals surface area contributed by atoms with Gasteiger partial charge in [-0.05, 0) is 20.8 Å². The molecule has 0 aromatic carbocycles. The Kier molecular flexibility index (Phi) is 3.81. The monoisotopic (exact) mass is 253 g/mol. The SMILES string of the molecule is CCOc1nc(N)nc(N2C[C@@H](C)O[C@@H](C)C2)n1. The molecule has 0 radical (unpaired) electrons. The van der Waals surface area contributed by atoms with Crippen molar-refractivity contribution in [3.8, 4) is 6.01 Å². The maximum Gasteiger partial charge on any atom is 0.323 e. The van der Waals surface area contributed by atoms with Gasteiger partial charge < -0.3 is 20.1 Å². The fourth-order valence-electron chi connectivity index (χ4n) is 2.04. The highest BCUT2D eigenvalue weighted by atomic mass is 16.5. The van der Waals surface area contributed by atoms with Crippen molar-refractivity contribution in [1.82, 2.24) is 15.0 Å². The predicted molar refractivity (Wildman–Crippen MR) is 67.6 cm³/mol. The summed E-state index contributed by atoms with van der Waals surface area (Å²) in [6.07, 6.45) is 0.282. The quantitative estimate of drug-likeness (QED) is 0.837. The van der Waals surface area contributed by atoms with Gasteiger partial charge in [0.2, 0.25) is 11.9 Å². The van der Waals surface area contributed by atoms with Crippen molar-refractivity contribution in [3.63, 3.8) is 0 Å². The van der Waals surface area contributed by atoms with E-state index in [-0.39, 0.29) is 24.2 Å². The van der Waals surface area contributed by atoms with Crippen LogP contribution in [-0.4, -0.2) is 46.9 Å². The Morgan fingerprint density at radius 1 is 1.28 bits per heavy atom. The van der Waals surface area contributed by atoms with Gasteiger partial charge in [0, 0.05) is 13.1 Å². The van der Waals surface area contributed by atoms with Crippen LogP contribution in [0.1, 0.15) is 20.8 Å². The molecule has 1 aromatic rings. The highest BCUT2D eigenvalue weighted by molar-refractivity contribution is 5.36. The first-order chi connectivity index (χ1) is 8.58. The standard InChI is InChI=1S/C11H19N5O2/c1-4-17-11-14-9(12)13-10(15-11)16-5-7(2)18-8(3)6-16/h7-8H,4-6H2,1-3H3,(H2,12,13,14,15)/t7-,8+. The zero-order chi connectivity index (χ0) is 13.1. The van der Waals surface area contributed by atoms with Crippen LogP contribution in [0.15, 0.2) is 0 Å². The van der Waals surface area contributed by atoms with Crippen LogP contribution in [0.4, 0.5) is 11.9 Å². The molecule has 0 saturated carbocycles. The molecular weight excluding hydrogens is 234 g/mol. The van der Waals surface area contributed by atoms with Gasteiger partial charge in [0.15, 0.2) is 0 Å². The molecule has 1 aliphatic heterocycles. The third-order valence-electron chi connectivity index (χ3n) is 2.60. The molecule has 0 spiro atoms. The summed E-state index contributed by atoms with van der Waals surface area (Å²) in [4.78, 5) is 14.4. The van der Waals surface area contributed by atoms with Crippen LogP contribution in [0.5, 0.6) is 6.01 Å². The summed E-state index contributed by atoms with van der Waals surface area (Å²) < 4.78 is 10.9. The van der Waals surface area contributed by atoms with E-state index in [2.05, 4.69) is 15.0 Å². The van der Waals surface area contributed by atoms with Gasteiger partial charge in [0.25, 0.3) is 0 Å². The van der Waals surface area contributed by atoms with E-state index in [9.17, 15) is 0 Å². The molecule has 0 unspecified atom stereocenters. The van der Waals surface area contributed by atoms with Gasteiger partial charge in [-0.1, -0.05) is 0 Å². The van der Waals surface area contributed by atoms with Crippen LogP contribution in [0, 0.1) is 0 Å². The normalized spacial score (nSPS) is 24.1. The number of nitrogens with zero attached hydrogens (tertiary/aromatic N) is 4. The highest BCUT2D eigenvalue weighted by Gasteiger charge is 2.24. The average Bonchev–Trinajstić information content (AvgIpc) is 2.27. The fraction of sp³-hybridized carbons (Fsp3) is 0.727. The fourth-order valence-corrected chi connectivity index (χ4v) is 2.04. The first kappa shape index (κ1) is 12.8. The van der Waals surface area contributed by atoms with E-state index in [1.54, 1.807) is 0 Å². The van der Waals surface area contributed by atoms with Gasteiger partial charge in [-0.15, -0.1) is 0 Å². The van der Waals surface area contributed by atoms with Gasteiger partial charge in [0.05, 0.1) is 18.8 Å². The Hall–Kier alpha value is -1.63. The summed E-state index contributed by atoms with van der Waals surface area (Å²) in [6.45, 7) is 7.89.